The summed E-state index contributed by atoms with van der Waals surface area (Å²) >= 11 is 0. The highest BCUT2D eigenvalue weighted by atomic mass is 16.5. The Labute approximate surface area is 374 Å². The van der Waals surface area contributed by atoms with Crippen LogP contribution in [-0.2, 0) is 5.41 Å². The zero-order valence-electron chi connectivity index (χ0n) is 35.1. The second kappa shape index (κ2) is 14.5. The van der Waals surface area contributed by atoms with E-state index in [-0.39, 0.29) is 6.04 Å². The molecule has 0 N–H and O–H groups in total. The van der Waals surface area contributed by atoms with Gasteiger partial charge in [0.15, 0.2) is 0 Å². The highest BCUT2D eigenvalue weighted by molar-refractivity contribution is 5.98. The lowest BCUT2D eigenvalue weighted by Crippen LogP contribution is -2.32. The van der Waals surface area contributed by atoms with Gasteiger partial charge in [-0.1, -0.05) is 176 Å². The quantitative estimate of drug-likeness (QED) is 0.166. The highest BCUT2D eigenvalue weighted by Gasteiger charge is 2.52. The predicted molar refractivity (Wildman–Crippen MR) is 263 cm³/mol. The molecule has 302 valence electrons. The number of allylic oxidation sites excluding steroid dienone is 2. The van der Waals surface area contributed by atoms with Crippen molar-refractivity contribution in [3.05, 3.63) is 271 Å². The maximum atomic E-state index is 6.92. The molecule has 0 bridgehead atoms. The van der Waals surface area contributed by atoms with E-state index in [4.69, 9.17) is 4.74 Å². The minimum absolute atomic E-state index is 0.229. The van der Waals surface area contributed by atoms with E-state index in [9.17, 15) is 0 Å². The van der Waals surface area contributed by atoms with Gasteiger partial charge in [-0.15, -0.1) is 0 Å². The zero-order valence-corrected chi connectivity index (χ0v) is 35.1. The van der Waals surface area contributed by atoms with Crippen LogP contribution in [0, 0.1) is 0 Å². The van der Waals surface area contributed by atoms with Crippen molar-refractivity contribution in [3.63, 3.8) is 0 Å². The number of nitrogens with zero attached hydrogens (tertiary/aromatic N) is 2. The first-order chi connectivity index (χ1) is 31.8. The molecule has 0 saturated carbocycles. The van der Waals surface area contributed by atoms with Crippen LogP contribution in [0.3, 0.4) is 0 Å². The van der Waals surface area contributed by atoms with Crippen LogP contribution in [0.2, 0.25) is 0 Å². The Kier molecular flexibility index (Phi) is 8.26. The smallest absolute Gasteiger partial charge is 0.132 e. The molecule has 13 rings (SSSR count). The molecule has 0 radical (unpaired) electrons. The van der Waals surface area contributed by atoms with E-state index < -0.39 is 5.41 Å². The van der Waals surface area contributed by atoms with Crippen molar-refractivity contribution in [3.8, 4) is 44.9 Å². The Hall–Kier alpha value is -8.14. The first kappa shape index (κ1) is 36.5. The molecule has 2 heterocycles. The second-order valence-corrected chi connectivity index (χ2v) is 17.2. The summed E-state index contributed by atoms with van der Waals surface area (Å²) in [6.45, 7) is 0. The van der Waals surface area contributed by atoms with Gasteiger partial charge in [0, 0.05) is 45.4 Å². The van der Waals surface area contributed by atoms with E-state index in [2.05, 4.69) is 252 Å². The number of ether oxygens (including phenoxy) is 1. The van der Waals surface area contributed by atoms with Gasteiger partial charge in [0.25, 0.3) is 0 Å². The Morgan fingerprint density at radius 2 is 1.06 bits per heavy atom. The van der Waals surface area contributed by atoms with Gasteiger partial charge in [-0.05, 0) is 111 Å². The number of hydrogen-bond acceptors (Lipinski definition) is 3. The van der Waals surface area contributed by atoms with Gasteiger partial charge in [-0.3, -0.25) is 0 Å². The monoisotopic (exact) mass is 818 g/mol. The van der Waals surface area contributed by atoms with Crippen LogP contribution in [0.4, 0.5) is 28.4 Å². The minimum atomic E-state index is -0.653. The Balaban J connectivity index is 1.00. The van der Waals surface area contributed by atoms with E-state index >= 15 is 0 Å². The summed E-state index contributed by atoms with van der Waals surface area (Å²) in [7, 11) is 0. The molecular formula is C61H42N2O. The van der Waals surface area contributed by atoms with Crippen LogP contribution < -0.4 is 14.5 Å². The molecule has 0 fully saturated rings. The Bertz CT molecular complexity index is 3330. The lowest BCUT2D eigenvalue weighted by atomic mass is 9.65. The van der Waals surface area contributed by atoms with Gasteiger partial charge in [-0.25, -0.2) is 0 Å². The summed E-state index contributed by atoms with van der Waals surface area (Å²) in [6.07, 6.45) is 9.06. The fourth-order valence-electron chi connectivity index (χ4n) is 11.2. The molecule has 2 aliphatic heterocycles. The fraction of sp³-hybridized carbons (Fsp3) is 0.0492. The van der Waals surface area contributed by atoms with Crippen LogP contribution in [-0.4, -0.2) is 6.04 Å². The van der Waals surface area contributed by atoms with E-state index in [1.807, 2.05) is 0 Å². The van der Waals surface area contributed by atoms with Crippen molar-refractivity contribution in [2.75, 3.05) is 9.80 Å². The third-order valence-corrected chi connectivity index (χ3v) is 13.8. The number of hydrogen-bond donors (Lipinski definition) is 0. The average Bonchev–Trinajstić information content (AvgIpc) is 3.86. The number of rotatable bonds is 6. The van der Waals surface area contributed by atoms with Crippen molar-refractivity contribution in [2.24, 2.45) is 0 Å². The lowest BCUT2D eigenvalue weighted by Gasteiger charge is -2.40. The third kappa shape index (κ3) is 5.41. The van der Waals surface area contributed by atoms with Crippen LogP contribution in [0.25, 0.3) is 33.4 Å². The van der Waals surface area contributed by atoms with Crippen molar-refractivity contribution >= 4 is 28.4 Å². The highest BCUT2D eigenvalue weighted by Crippen LogP contribution is 2.64. The number of fused-ring (bicyclic) bond motifs is 12. The molecule has 0 aromatic heterocycles. The van der Waals surface area contributed by atoms with Crippen LogP contribution in [0.15, 0.2) is 243 Å². The molecule has 9 aromatic carbocycles. The van der Waals surface area contributed by atoms with Gasteiger partial charge >= 0.3 is 0 Å². The third-order valence-electron chi connectivity index (χ3n) is 13.8. The van der Waals surface area contributed by atoms with Crippen molar-refractivity contribution in [1.29, 1.82) is 0 Å². The van der Waals surface area contributed by atoms with Crippen LogP contribution >= 0.6 is 0 Å². The number of para-hydroxylation sites is 3. The summed E-state index contributed by atoms with van der Waals surface area (Å²) in [6, 6.07) is 80.0. The van der Waals surface area contributed by atoms with Gasteiger partial charge in [0.05, 0.1) is 17.1 Å². The molecular weight excluding hydrogens is 777 g/mol. The normalized spacial score (nSPS) is 18.0. The fourth-order valence-corrected chi connectivity index (χ4v) is 11.2. The summed E-state index contributed by atoms with van der Waals surface area (Å²) in [5.41, 5.74) is 18.4. The van der Waals surface area contributed by atoms with E-state index in [0.29, 0.717) is 5.92 Å². The van der Waals surface area contributed by atoms with Crippen molar-refractivity contribution in [1.82, 2.24) is 0 Å². The van der Waals surface area contributed by atoms with Crippen LogP contribution in [0.1, 0.15) is 33.7 Å². The van der Waals surface area contributed by atoms with Gasteiger partial charge < -0.3 is 14.5 Å². The van der Waals surface area contributed by atoms with Crippen molar-refractivity contribution < 1.29 is 4.74 Å². The molecule has 64 heavy (non-hydrogen) atoms. The molecule has 9 aromatic rings. The SMILES string of the molecule is C1=CC2c3ccccc3N(c3cccc(-c4ccc5c(c4)C4(c6ccccc6O5)c5ccccc5-c5c(N(c6ccccc6)c6ccc(-c7ccccc7)cc6)cccc54)c3)C2C=C1. The number of anilines is 5. The molecule has 0 amide bonds. The molecule has 3 atom stereocenters. The predicted octanol–water partition coefficient (Wildman–Crippen LogP) is 15.7. The Morgan fingerprint density at radius 3 is 1.94 bits per heavy atom. The van der Waals surface area contributed by atoms with E-state index in [0.717, 1.165) is 45.3 Å². The van der Waals surface area contributed by atoms with Gasteiger partial charge in [0.1, 0.15) is 11.5 Å². The first-order valence-electron chi connectivity index (χ1n) is 22.3. The first-order valence-corrected chi connectivity index (χ1v) is 22.3. The molecule has 3 nitrogen and oxygen atoms in total. The molecule has 4 aliphatic rings. The minimum Gasteiger partial charge on any atom is -0.457 e. The average molecular weight is 819 g/mol. The lowest BCUT2D eigenvalue weighted by molar-refractivity contribution is 0.436. The maximum Gasteiger partial charge on any atom is 0.132 e. The van der Waals surface area contributed by atoms with Crippen LogP contribution in [0.5, 0.6) is 11.5 Å². The molecule has 3 unspecified atom stereocenters. The largest absolute Gasteiger partial charge is 0.457 e. The maximum absolute atomic E-state index is 6.92. The summed E-state index contributed by atoms with van der Waals surface area (Å²) < 4.78 is 6.92. The van der Waals surface area contributed by atoms with E-state index in [1.54, 1.807) is 0 Å². The van der Waals surface area contributed by atoms with E-state index in [1.165, 1.54) is 55.9 Å². The molecule has 1 spiro atoms. The van der Waals surface area contributed by atoms with Crippen molar-refractivity contribution in [2.45, 2.75) is 17.4 Å². The molecule has 2 aliphatic carbocycles. The molecule has 0 saturated heterocycles. The molecule has 3 heteroatoms. The summed E-state index contributed by atoms with van der Waals surface area (Å²) in [5.74, 6) is 2.08. The van der Waals surface area contributed by atoms with Gasteiger partial charge in [-0.2, -0.15) is 0 Å². The summed E-state index contributed by atoms with van der Waals surface area (Å²) in [4.78, 5) is 4.94. The number of benzene rings is 9. The zero-order chi connectivity index (χ0) is 42.2. The topological polar surface area (TPSA) is 15.7 Å². The summed E-state index contributed by atoms with van der Waals surface area (Å²) in [5, 5.41) is 0. The van der Waals surface area contributed by atoms with Gasteiger partial charge in [0.2, 0.25) is 0 Å². The Morgan fingerprint density at radius 1 is 0.438 bits per heavy atom. The second-order valence-electron chi connectivity index (χ2n) is 17.2. The standard InChI is InChI=1S/C61H42N2O/c1-3-17-41(18-4-1)42-33-36-46(37-34-42)62(45-20-5-2-6-21-45)57-31-16-28-53-60(57)50-25-7-10-26-51(50)61(53)52-27-11-14-32-58(52)64-59-38-35-44(40-54(59)61)43-19-15-22-47(39-43)63-55-29-12-8-23-48(55)49-24-9-13-30-56(49)63/h1-40,48,55H.